The number of carbonyl (C=O) groups is 1. The number of fused-ring (bicyclic) bond motifs is 1. The van der Waals surface area contributed by atoms with Gasteiger partial charge in [-0.05, 0) is 30.3 Å². The fourth-order valence-corrected chi connectivity index (χ4v) is 3.51. The Morgan fingerprint density at radius 1 is 1.10 bits per heavy atom. The van der Waals surface area contributed by atoms with Gasteiger partial charge < -0.3 is 9.73 Å². The number of aryl methyl sites for hydroxylation is 1. The smallest absolute Gasteiger partial charge is 0.416 e. The van der Waals surface area contributed by atoms with Crippen molar-refractivity contribution in [3.05, 3.63) is 60.0 Å². The second-order valence-corrected chi connectivity index (χ2v) is 7.15. The van der Waals surface area contributed by atoms with Crippen molar-refractivity contribution >= 4 is 32.6 Å². The number of nitrogens with one attached hydrogen (secondary N) is 1. The van der Waals surface area contributed by atoms with Gasteiger partial charge in [-0.1, -0.05) is 29.5 Å². The first-order valence-electron chi connectivity index (χ1n) is 8.54. The molecule has 2 aromatic carbocycles. The van der Waals surface area contributed by atoms with Crippen LogP contribution in [-0.4, -0.2) is 21.1 Å². The predicted octanol–water partition coefficient (Wildman–Crippen LogP) is 4.94. The van der Waals surface area contributed by atoms with Crippen molar-refractivity contribution in [3.8, 4) is 11.5 Å². The summed E-state index contributed by atoms with van der Waals surface area (Å²) in [7, 11) is 0. The van der Waals surface area contributed by atoms with Gasteiger partial charge in [-0.25, -0.2) is 4.98 Å². The first-order chi connectivity index (χ1) is 13.9. The first-order valence-corrected chi connectivity index (χ1v) is 9.35. The van der Waals surface area contributed by atoms with E-state index >= 15 is 0 Å². The van der Waals surface area contributed by atoms with E-state index in [0.29, 0.717) is 5.13 Å². The summed E-state index contributed by atoms with van der Waals surface area (Å²) in [5, 5.41) is 10.8. The summed E-state index contributed by atoms with van der Waals surface area (Å²) in [6.07, 6.45) is -4.24. The SMILES string of the molecule is O=C(CCc1nnc(-c2cccc(C(F)(F)F)c2)o1)Nc1nc2ccccc2s1. The van der Waals surface area contributed by atoms with Crippen molar-refractivity contribution in [1.82, 2.24) is 15.2 Å². The highest BCUT2D eigenvalue weighted by atomic mass is 32.1. The first kappa shape index (κ1) is 19.1. The second kappa shape index (κ2) is 7.63. The van der Waals surface area contributed by atoms with Crippen LogP contribution in [0.3, 0.4) is 0 Å². The lowest BCUT2D eigenvalue weighted by Gasteiger charge is -2.06. The van der Waals surface area contributed by atoms with Gasteiger partial charge in [-0.2, -0.15) is 13.2 Å². The van der Waals surface area contributed by atoms with Crippen LogP contribution >= 0.6 is 11.3 Å². The minimum atomic E-state index is -4.46. The molecular formula is C19H13F3N4O2S. The molecule has 0 saturated carbocycles. The molecule has 0 saturated heterocycles. The van der Waals surface area contributed by atoms with Crippen LogP contribution in [-0.2, 0) is 17.4 Å². The standard InChI is InChI=1S/C19H13F3N4O2S/c20-19(21,22)12-5-3-4-11(10-12)17-26-25-16(28-17)9-8-15(27)24-18-23-13-6-1-2-7-14(13)29-18/h1-7,10H,8-9H2,(H,23,24,27). The number of para-hydroxylation sites is 1. The Morgan fingerprint density at radius 2 is 1.93 bits per heavy atom. The number of halogens is 3. The molecule has 1 N–H and O–H groups in total. The van der Waals surface area contributed by atoms with Crippen molar-refractivity contribution < 1.29 is 22.4 Å². The zero-order chi connectivity index (χ0) is 20.4. The quantitative estimate of drug-likeness (QED) is 0.497. The number of benzene rings is 2. The van der Waals surface area contributed by atoms with E-state index < -0.39 is 11.7 Å². The van der Waals surface area contributed by atoms with Crippen LogP contribution in [0.1, 0.15) is 17.9 Å². The van der Waals surface area contributed by atoms with Crippen LogP contribution in [0.4, 0.5) is 18.3 Å². The summed E-state index contributed by atoms with van der Waals surface area (Å²) >= 11 is 1.37. The molecule has 0 atom stereocenters. The van der Waals surface area contributed by atoms with E-state index in [1.54, 1.807) is 0 Å². The van der Waals surface area contributed by atoms with Gasteiger partial charge in [0, 0.05) is 18.4 Å². The molecule has 0 spiro atoms. The van der Waals surface area contributed by atoms with Crippen LogP contribution in [0.15, 0.2) is 52.9 Å². The predicted molar refractivity (Wildman–Crippen MR) is 101 cm³/mol. The number of carbonyl (C=O) groups excluding carboxylic acids is 1. The molecule has 0 aliphatic heterocycles. The van der Waals surface area contributed by atoms with Crippen molar-refractivity contribution in [2.75, 3.05) is 5.32 Å². The Morgan fingerprint density at radius 3 is 2.72 bits per heavy atom. The second-order valence-electron chi connectivity index (χ2n) is 6.11. The molecule has 29 heavy (non-hydrogen) atoms. The number of hydrogen-bond donors (Lipinski definition) is 1. The summed E-state index contributed by atoms with van der Waals surface area (Å²) in [6.45, 7) is 0. The number of thiazole rings is 1. The average molecular weight is 418 g/mol. The largest absolute Gasteiger partial charge is 0.421 e. The Bertz CT molecular complexity index is 1140. The van der Waals surface area contributed by atoms with Gasteiger partial charge in [0.2, 0.25) is 17.7 Å². The molecule has 4 rings (SSSR count). The molecular weight excluding hydrogens is 405 g/mol. The third-order valence-corrected chi connectivity index (χ3v) is 4.96. The molecule has 0 aliphatic rings. The van der Waals surface area contributed by atoms with Crippen molar-refractivity contribution in [2.24, 2.45) is 0 Å². The van der Waals surface area contributed by atoms with E-state index in [4.69, 9.17) is 4.42 Å². The maximum Gasteiger partial charge on any atom is 0.416 e. The van der Waals surface area contributed by atoms with Crippen LogP contribution in [0.25, 0.3) is 21.7 Å². The monoisotopic (exact) mass is 418 g/mol. The van der Waals surface area contributed by atoms with Gasteiger partial charge in [-0.3, -0.25) is 4.79 Å². The van der Waals surface area contributed by atoms with E-state index in [-0.39, 0.29) is 36.1 Å². The zero-order valence-electron chi connectivity index (χ0n) is 14.7. The number of rotatable bonds is 5. The van der Waals surface area contributed by atoms with Gasteiger partial charge in [0.15, 0.2) is 5.13 Å². The number of anilines is 1. The van der Waals surface area contributed by atoms with E-state index in [1.807, 2.05) is 24.3 Å². The van der Waals surface area contributed by atoms with Crippen molar-refractivity contribution in [3.63, 3.8) is 0 Å². The highest BCUT2D eigenvalue weighted by Crippen LogP contribution is 2.32. The molecule has 0 fully saturated rings. The van der Waals surface area contributed by atoms with Crippen LogP contribution in [0, 0.1) is 0 Å². The lowest BCUT2D eigenvalue weighted by Crippen LogP contribution is -2.12. The minimum absolute atomic E-state index is 0.0299. The molecule has 0 bridgehead atoms. The summed E-state index contributed by atoms with van der Waals surface area (Å²) < 4.78 is 44.9. The number of amides is 1. The summed E-state index contributed by atoms with van der Waals surface area (Å²) in [5.74, 6) is -0.141. The molecule has 1 amide bonds. The van der Waals surface area contributed by atoms with Gasteiger partial charge in [0.05, 0.1) is 15.8 Å². The minimum Gasteiger partial charge on any atom is -0.421 e. The Balaban J connectivity index is 1.38. The maximum absolute atomic E-state index is 12.8. The molecule has 4 aromatic rings. The number of nitrogens with zero attached hydrogens (tertiary/aromatic N) is 3. The number of alkyl halides is 3. The van der Waals surface area contributed by atoms with Crippen LogP contribution in [0.5, 0.6) is 0 Å². The summed E-state index contributed by atoms with van der Waals surface area (Å²) in [6, 6.07) is 12.2. The van der Waals surface area contributed by atoms with Gasteiger partial charge in [0.1, 0.15) is 0 Å². The zero-order valence-corrected chi connectivity index (χ0v) is 15.5. The van der Waals surface area contributed by atoms with Crippen molar-refractivity contribution in [2.45, 2.75) is 19.0 Å². The Kier molecular flexibility index (Phi) is 5.01. The van der Waals surface area contributed by atoms with Gasteiger partial charge in [-0.15, -0.1) is 10.2 Å². The average Bonchev–Trinajstić information content (AvgIpc) is 3.32. The van der Waals surface area contributed by atoms with Crippen LogP contribution in [0.2, 0.25) is 0 Å². The molecule has 2 heterocycles. The molecule has 148 valence electrons. The molecule has 6 nitrogen and oxygen atoms in total. The third-order valence-electron chi connectivity index (χ3n) is 4.01. The molecule has 0 unspecified atom stereocenters. The van der Waals surface area contributed by atoms with Crippen molar-refractivity contribution in [1.29, 1.82) is 0 Å². The third kappa shape index (κ3) is 4.43. The van der Waals surface area contributed by atoms with E-state index in [2.05, 4.69) is 20.5 Å². The van der Waals surface area contributed by atoms with Gasteiger partial charge in [0.25, 0.3) is 0 Å². The summed E-state index contributed by atoms with van der Waals surface area (Å²) in [5.41, 5.74) is 0.165. The van der Waals surface area contributed by atoms with E-state index in [9.17, 15) is 18.0 Å². The normalized spacial score (nSPS) is 11.7. The number of hydrogen-bond acceptors (Lipinski definition) is 6. The summed E-state index contributed by atoms with van der Waals surface area (Å²) in [4.78, 5) is 16.5. The van der Waals surface area contributed by atoms with E-state index in [0.717, 1.165) is 22.3 Å². The lowest BCUT2D eigenvalue weighted by atomic mass is 10.1. The highest BCUT2D eigenvalue weighted by Gasteiger charge is 2.30. The molecule has 0 radical (unpaired) electrons. The van der Waals surface area contributed by atoms with Gasteiger partial charge >= 0.3 is 6.18 Å². The highest BCUT2D eigenvalue weighted by molar-refractivity contribution is 7.22. The molecule has 0 aliphatic carbocycles. The molecule has 2 aromatic heterocycles. The number of aromatic nitrogens is 3. The Hall–Kier alpha value is -3.27. The lowest BCUT2D eigenvalue weighted by molar-refractivity contribution is -0.137. The fraction of sp³-hybridized carbons (Fsp3) is 0.158. The fourth-order valence-electron chi connectivity index (χ4n) is 2.63. The van der Waals surface area contributed by atoms with E-state index in [1.165, 1.54) is 23.5 Å². The molecule has 10 heteroatoms. The topological polar surface area (TPSA) is 80.9 Å². The van der Waals surface area contributed by atoms with Crippen LogP contribution < -0.4 is 5.32 Å². The maximum atomic E-state index is 12.8. The Labute approximate surface area is 166 Å².